The number of benzene rings is 1. The van der Waals surface area contributed by atoms with Crippen molar-refractivity contribution in [2.45, 2.75) is 46.0 Å². The lowest BCUT2D eigenvalue weighted by molar-refractivity contribution is -0.121. The van der Waals surface area contributed by atoms with Gasteiger partial charge in [0.2, 0.25) is 5.91 Å². The summed E-state index contributed by atoms with van der Waals surface area (Å²) in [6.07, 6.45) is 5.28. The van der Waals surface area contributed by atoms with Gasteiger partial charge in [-0.05, 0) is 42.3 Å². The molecule has 23 heavy (non-hydrogen) atoms. The first-order chi connectivity index (χ1) is 11.0. The maximum Gasteiger partial charge on any atom is 0.242 e. The van der Waals surface area contributed by atoms with Gasteiger partial charge in [-0.15, -0.1) is 0 Å². The maximum absolute atomic E-state index is 11.8. The van der Waals surface area contributed by atoms with Gasteiger partial charge in [0.1, 0.15) is 0 Å². The molecular weight excluding hydrogens is 374 g/mol. The molecule has 0 aliphatic rings. The van der Waals surface area contributed by atoms with Crippen LogP contribution in [0.15, 0.2) is 28.7 Å². The molecule has 0 aromatic heterocycles. The average molecular weight is 400 g/mol. The van der Waals surface area contributed by atoms with E-state index in [0.717, 1.165) is 16.6 Å². The van der Waals surface area contributed by atoms with Crippen molar-refractivity contribution in [1.82, 2.24) is 16.2 Å². The Labute approximate surface area is 152 Å². The third kappa shape index (κ3) is 9.56. The Morgan fingerprint density at radius 3 is 2.57 bits per heavy atom. The van der Waals surface area contributed by atoms with Gasteiger partial charge in [-0.3, -0.25) is 15.6 Å². The molecule has 1 amide bonds. The minimum Gasteiger partial charge on any atom is -0.361 e. The number of amides is 1. The molecule has 0 saturated heterocycles. The van der Waals surface area contributed by atoms with Gasteiger partial charge in [0.15, 0.2) is 5.11 Å². The monoisotopic (exact) mass is 399 g/mol. The predicted octanol–water partition coefficient (Wildman–Crippen LogP) is 3.70. The molecular formula is C17H26BrN3OS. The van der Waals surface area contributed by atoms with E-state index in [9.17, 15) is 4.79 Å². The Bertz CT molecular complexity index is 493. The fourth-order valence-electron chi connectivity index (χ4n) is 2.11. The molecule has 0 fully saturated rings. The summed E-state index contributed by atoms with van der Waals surface area (Å²) < 4.78 is 0.998. The Kier molecular flexibility index (Phi) is 9.87. The third-order valence-electron chi connectivity index (χ3n) is 3.50. The zero-order valence-electron chi connectivity index (χ0n) is 13.8. The van der Waals surface area contributed by atoms with E-state index in [-0.39, 0.29) is 5.91 Å². The van der Waals surface area contributed by atoms with Crippen molar-refractivity contribution in [2.24, 2.45) is 5.92 Å². The van der Waals surface area contributed by atoms with E-state index in [1.54, 1.807) is 0 Å². The number of unbranched alkanes of at least 4 members (excludes halogenated alkanes) is 2. The van der Waals surface area contributed by atoms with Gasteiger partial charge < -0.3 is 5.32 Å². The van der Waals surface area contributed by atoms with E-state index in [4.69, 9.17) is 12.2 Å². The Balaban J connectivity index is 2.17. The van der Waals surface area contributed by atoms with Crippen LogP contribution in [0.1, 0.15) is 45.1 Å². The number of carbonyl (C=O) groups is 1. The summed E-state index contributed by atoms with van der Waals surface area (Å²) in [6, 6.07) is 7.67. The van der Waals surface area contributed by atoms with E-state index in [2.05, 4.69) is 45.9 Å². The largest absolute Gasteiger partial charge is 0.361 e. The normalized spacial score (nSPS) is 11.6. The molecule has 0 spiro atoms. The van der Waals surface area contributed by atoms with Gasteiger partial charge in [-0.25, -0.2) is 0 Å². The van der Waals surface area contributed by atoms with E-state index in [0.29, 0.717) is 17.5 Å². The zero-order valence-corrected chi connectivity index (χ0v) is 16.2. The number of nitrogens with one attached hydrogen (secondary N) is 3. The number of hydrogen-bond donors (Lipinski definition) is 3. The highest BCUT2D eigenvalue weighted by molar-refractivity contribution is 9.10. The molecule has 3 N–H and O–H groups in total. The van der Waals surface area contributed by atoms with Gasteiger partial charge in [0.05, 0.1) is 6.42 Å². The summed E-state index contributed by atoms with van der Waals surface area (Å²) in [5, 5.41) is 3.59. The first-order valence-electron chi connectivity index (χ1n) is 8.08. The summed E-state index contributed by atoms with van der Waals surface area (Å²) >= 11 is 8.54. The summed E-state index contributed by atoms with van der Waals surface area (Å²) in [4.78, 5) is 11.8. The fourth-order valence-corrected chi connectivity index (χ4v) is 2.51. The molecule has 128 valence electrons. The molecule has 1 atom stereocenters. The molecule has 0 saturated carbocycles. The van der Waals surface area contributed by atoms with Crippen LogP contribution in [-0.2, 0) is 11.2 Å². The second kappa shape index (κ2) is 11.4. The van der Waals surface area contributed by atoms with Crippen LogP contribution >= 0.6 is 28.1 Å². The SMILES string of the molecule is CCCCC[C@@H](C)CNC(=S)NNC(=O)Cc1ccc(Br)cc1. The summed E-state index contributed by atoms with van der Waals surface area (Å²) in [5.41, 5.74) is 6.32. The highest BCUT2D eigenvalue weighted by atomic mass is 79.9. The van der Waals surface area contributed by atoms with Crippen LogP contribution in [0.25, 0.3) is 0 Å². The number of rotatable bonds is 8. The molecule has 0 heterocycles. The molecule has 1 rings (SSSR count). The van der Waals surface area contributed by atoms with Crippen molar-refractivity contribution in [3.63, 3.8) is 0 Å². The second-order valence-electron chi connectivity index (χ2n) is 5.79. The van der Waals surface area contributed by atoms with Crippen molar-refractivity contribution < 1.29 is 4.79 Å². The molecule has 0 radical (unpaired) electrons. The van der Waals surface area contributed by atoms with Crippen LogP contribution in [0.4, 0.5) is 0 Å². The summed E-state index contributed by atoms with van der Waals surface area (Å²) in [6.45, 7) is 5.23. The number of hydrogen-bond acceptors (Lipinski definition) is 2. The second-order valence-corrected chi connectivity index (χ2v) is 7.11. The van der Waals surface area contributed by atoms with Crippen LogP contribution < -0.4 is 16.2 Å². The van der Waals surface area contributed by atoms with Crippen molar-refractivity contribution >= 4 is 39.2 Å². The number of halogens is 1. The lowest BCUT2D eigenvalue weighted by Crippen LogP contribution is -2.48. The van der Waals surface area contributed by atoms with Crippen LogP contribution in [-0.4, -0.2) is 17.6 Å². The van der Waals surface area contributed by atoms with Crippen molar-refractivity contribution in [3.8, 4) is 0 Å². The van der Waals surface area contributed by atoms with E-state index in [1.807, 2.05) is 24.3 Å². The highest BCUT2D eigenvalue weighted by Gasteiger charge is 2.05. The van der Waals surface area contributed by atoms with Crippen LogP contribution in [0.5, 0.6) is 0 Å². The fraction of sp³-hybridized carbons (Fsp3) is 0.529. The summed E-state index contributed by atoms with van der Waals surface area (Å²) in [7, 11) is 0. The van der Waals surface area contributed by atoms with Gasteiger partial charge in [0, 0.05) is 11.0 Å². The zero-order chi connectivity index (χ0) is 17.1. The lowest BCUT2D eigenvalue weighted by Gasteiger charge is -2.15. The molecule has 0 bridgehead atoms. The molecule has 6 heteroatoms. The molecule has 1 aromatic rings. The smallest absolute Gasteiger partial charge is 0.242 e. The first kappa shape index (κ1) is 19.9. The van der Waals surface area contributed by atoms with Crippen molar-refractivity contribution in [1.29, 1.82) is 0 Å². The number of carbonyl (C=O) groups excluding carboxylic acids is 1. The molecule has 0 aliphatic heterocycles. The summed E-state index contributed by atoms with van der Waals surface area (Å²) in [5.74, 6) is 0.451. The Morgan fingerprint density at radius 2 is 1.91 bits per heavy atom. The molecule has 1 aromatic carbocycles. The minimum absolute atomic E-state index is 0.118. The third-order valence-corrected chi connectivity index (χ3v) is 4.28. The van der Waals surface area contributed by atoms with Gasteiger partial charge >= 0.3 is 0 Å². The number of thiocarbonyl (C=S) groups is 1. The average Bonchev–Trinajstić information content (AvgIpc) is 2.53. The van der Waals surface area contributed by atoms with Crippen LogP contribution in [0, 0.1) is 5.92 Å². The number of hydrazine groups is 1. The Morgan fingerprint density at radius 1 is 1.22 bits per heavy atom. The maximum atomic E-state index is 11.8. The van der Waals surface area contributed by atoms with Gasteiger partial charge in [-0.1, -0.05) is 61.2 Å². The van der Waals surface area contributed by atoms with Crippen molar-refractivity contribution in [3.05, 3.63) is 34.3 Å². The predicted molar refractivity (Wildman–Crippen MR) is 103 cm³/mol. The topological polar surface area (TPSA) is 53.2 Å². The van der Waals surface area contributed by atoms with Crippen molar-refractivity contribution in [2.75, 3.05) is 6.54 Å². The Hall–Kier alpha value is -1.14. The van der Waals surface area contributed by atoms with Crippen LogP contribution in [0.2, 0.25) is 0 Å². The minimum atomic E-state index is -0.118. The van der Waals surface area contributed by atoms with E-state index in [1.165, 1.54) is 25.7 Å². The first-order valence-corrected chi connectivity index (χ1v) is 9.28. The molecule has 4 nitrogen and oxygen atoms in total. The van der Waals surface area contributed by atoms with E-state index < -0.39 is 0 Å². The molecule has 0 aliphatic carbocycles. The lowest BCUT2D eigenvalue weighted by atomic mass is 10.0. The molecule has 0 unspecified atom stereocenters. The quantitative estimate of drug-likeness (QED) is 0.354. The van der Waals surface area contributed by atoms with Gasteiger partial charge in [-0.2, -0.15) is 0 Å². The standard InChI is InChI=1S/C17H26BrN3OS/c1-3-4-5-6-13(2)12-19-17(23)21-20-16(22)11-14-7-9-15(18)10-8-14/h7-10,13H,3-6,11-12H2,1-2H3,(H,20,22)(H2,19,21,23)/t13-/m1/s1. The highest BCUT2D eigenvalue weighted by Crippen LogP contribution is 2.10. The van der Waals surface area contributed by atoms with Gasteiger partial charge in [0.25, 0.3) is 0 Å². The van der Waals surface area contributed by atoms with E-state index >= 15 is 0 Å². The van der Waals surface area contributed by atoms with Crippen LogP contribution in [0.3, 0.4) is 0 Å².